The molecule has 0 aliphatic heterocycles. The van der Waals surface area contributed by atoms with Gasteiger partial charge in [0.25, 0.3) is 0 Å². The SMILES string of the molecule is CC(C)C([C]=O)c1c[nH]nn1. The van der Waals surface area contributed by atoms with Crippen LogP contribution in [0.25, 0.3) is 0 Å². The van der Waals surface area contributed by atoms with E-state index >= 15 is 0 Å². The summed E-state index contributed by atoms with van der Waals surface area (Å²) in [5.74, 6) is -0.0358. The van der Waals surface area contributed by atoms with Gasteiger partial charge in [0.15, 0.2) is 0 Å². The molecule has 0 aliphatic carbocycles. The van der Waals surface area contributed by atoms with Crippen LogP contribution in [0.15, 0.2) is 6.20 Å². The van der Waals surface area contributed by atoms with Gasteiger partial charge in [0, 0.05) is 6.20 Å². The van der Waals surface area contributed by atoms with Crippen LogP contribution in [0, 0.1) is 5.92 Å². The van der Waals surface area contributed by atoms with Gasteiger partial charge >= 0.3 is 0 Å². The Balaban J connectivity index is 2.79. The van der Waals surface area contributed by atoms with Crippen LogP contribution >= 0.6 is 0 Å². The van der Waals surface area contributed by atoms with Crippen LogP contribution in [-0.2, 0) is 4.79 Å². The summed E-state index contributed by atoms with van der Waals surface area (Å²) < 4.78 is 0. The number of hydrogen-bond acceptors (Lipinski definition) is 3. The first-order valence-corrected chi connectivity index (χ1v) is 3.49. The minimum Gasteiger partial charge on any atom is -0.290 e. The standard InChI is InChI=1S/C7H10N3O/c1-5(2)6(4-11)7-3-8-10-9-7/h3,5-6H,1-2H3,(H,8,9,10). The second-order valence-corrected chi connectivity index (χ2v) is 2.74. The van der Waals surface area contributed by atoms with Gasteiger partial charge in [0.1, 0.15) is 0 Å². The molecule has 0 saturated carbocycles. The van der Waals surface area contributed by atoms with E-state index in [1.54, 1.807) is 6.20 Å². The largest absolute Gasteiger partial charge is 0.290 e. The van der Waals surface area contributed by atoms with Crippen molar-refractivity contribution in [3.8, 4) is 0 Å². The molecule has 0 saturated heterocycles. The van der Waals surface area contributed by atoms with Gasteiger partial charge in [0.2, 0.25) is 6.29 Å². The summed E-state index contributed by atoms with van der Waals surface area (Å²) in [5.41, 5.74) is 0.662. The molecule has 0 aromatic carbocycles. The molecule has 0 spiro atoms. The molecule has 11 heavy (non-hydrogen) atoms. The van der Waals surface area contributed by atoms with Crippen molar-refractivity contribution in [3.63, 3.8) is 0 Å². The number of H-pyrrole nitrogens is 1. The predicted molar refractivity (Wildman–Crippen MR) is 39.7 cm³/mol. The molecule has 59 valence electrons. The number of aromatic amines is 1. The Hall–Kier alpha value is -1.19. The Morgan fingerprint density at radius 1 is 1.64 bits per heavy atom. The maximum absolute atomic E-state index is 10.4. The Morgan fingerprint density at radius 2 is 2.36 bits per heavy atom. The zero-order valence-corrected chi connectivity index (χ0v) is 6.53. The van der Waals surface area contributed by atoms with Gasteiger partial charge in [0.05, 0.1) is 11.6 Å². The highest BCUT2D eigenvalue weighted by Gasteiger charge is 2.17. The Bertz CT molecular complexity index is 218. The monoisotopic (exact) mass is 152 g/mol. The quantitative estimate of drug-likeness (QED) is 0.691. The van der Waals surface area contributed by atoms with Gasteiger partial charge in [-0.05, 0) is 5.92 Å². The molecule has 1 unspecified atom stereocenters. The molecule has 4 heteroatoms. The van der Waals surface area contributed by atoms with Gasteiger partial charge in [-0.25, -0.2) is 0 Å². The van der Waals surface area contributed by atoms with Crippen LogP contribution in [-0.4, -0.2) is 21.7 Å². The number of nitrogens with one attached hydrogen (secondary N) is 1. The summed E-state index contributed by atoms with van der Waals surface area (Å²) in [4.78, 5) is 10.4. The molecular weight excluding hydrogens is 142 g/mol. The van der Waals surface area contributed by atoms with E-state index in [0.29, 0.717) is 5.69 Å². The Labute approximate surface area is 65.0 Å². The third kappa shape index (κ3) is 1.63. The van der Waals surface area contributed by atoms with Crippen molar-refractivity contribution in [2.75, 3.05) is 0 Å². The van der Waals surface area contributed by atoms with Crippen molar-refractivity contribution in [2.45, 2.75) is 19.8 Å². The van der Waals surface area contributed by atoms with E-state index in [1.165, 1.54) is 0 Å². The fraction of sp³-hybridized carbons (Fsp3) is 0.571. The zero-order chi connectivity index (χ0) is 8.27. The highest BCUT2D eigenvalue weighted by Crippen LogP contribution is 2.18. The highest BCUT2D eigenvalue weighted by atomic mass is 16.1. The van der Waals surface area contributed by atoms with Crippen LogP contribution in [0.5, 0.6) is 0 Å². The smallest absolute Gasteiger partial charge is 0.208 e. The first-order chi connectivity index (χ1) is 5.25. The lowest BCUT2D eigenvalue weighted by molar-refractivity contribution is 0.504. The second kappa shape index (κ2) is 3.27. The first kappa shape index (κ1) is 7.91. The molecule has 0 bridgehead atoms. The predicted octanol–water partition coefficient (Wildman–Crippen LogP) is 0.654. The Kier molecular flexibility index (Phi) is 2.36. The lowest BCUT2D eigenvalue weighted by atomic mass is 9.95. The summed E-state index contributed by atoms with van der Waals surface area (Å²) in [6, 6.07) is 0. The zero-order valence-electron chi connectivity index (χ0n) is 6.53. The van der Waals surface area contributed by atoms with E-state index in [9.17, 15) is 4.79 Å². The average molecular weight is 152 g/mol. The van der Waals surface area contributed by atoms with Crippen molar-refractivity contribution in [3.05, 3.63) is 11.9 Å². The normalized spacial score (nSPS) is 13.4. The maximum atomic E-state index is 10.4. The van der Waals surface area contributed by atoms with E-state index < -0.39 is 0 Å². The summed E-state index contributed by atoms with van der Waals surface area (Å²) in [7, 11) is 0. The molecule has 1 heterocycles. The summed E-state index contributed by atoms with van der Waals surface area (Å²) >= 11 is 0. The van der Waals surface area contributed by atoms with Crippen LogP contribution in [0.2, 0.25) is 0 Å². The van der Waals surface area contributed by atoms with Gasteiger partial charge in [-0.3, -0.25) is 9.89 Å². The molecular formula is C7H10N3O. The van der Waals surface area contributed by atoms with E-state index in [2.05, 4.69) is 15.4 Å². The fourth-order valence-electron chi connectivity index (χ4n) is 0.900. The van der Waals surface area contributed by atoms with Gasteiger partial charge < -0.3 is 0 Å². The third-order valence-electron chi connectivity index (χ3n) is 1.55. The lowest BCUT2D eigenvalue weighted by Crippen LogP contribution is -2.08. The number of rotatable bonds is 3. The Morgan fingerprint density at radius 3 is 2.73 bits per heavy atom. The highest BCUT2D eigenvalue weighted by molar-refractivity contribution is 5.61. The molecule has 1 aromatic heterocycles. The molecule has 4 nitrogen and oxygen atoms in total. The van der Waals surface area contributed by atoms with E-state index in [4.69, 9.17) is 0 Å². The maximum Gasteiger partial charge on any atom is 0.208 e. The van der Waals surface area contributed by atoms with Crippen molar-refractivity contribution >= 4 is 6.29 Å². The van der Waals surface area contributed by atoms with E-state index in [1.807, 2.05) is 20.1 Å². The van der Waals surface area contributed by atoms with Crippen LogP contribution < -0.4 is 0 Å². The van der Waals surface area contributed by atoms with Gasteiger partial charge in [-0.1, -0.05) is 19.1 Å². The first-order valence-electron chi connectivity index (χ1n) is 3.49. The summed E-state index contributed by atoms with van der Waals surface area (Å²) in [5, 5.41) is 9.82. The van der Waals surface area contributed by atoms with Crippen molar-refractivity contribution in [1.29, 1.82) is 0 Å². The van der Waals surface area contributed by atoms with Crippen LogP contribution in [0.3, 0.4) is 0 Å². The van der Waals surface area contributed by atoms with E-state index in [0.717, 1.165) is 0 Å². The molecule has 0 fully saturated rings. The molecule has 1 rings (SSSR count). The average Bonchev–Trinajstić information content (AvgIpc) is 2.40. The van der Waals surface area contributed by atoms with Gasteiger partial charge in [-0.15, -0.1) is 5.10 Å². The van der Waals surface area contributed by atoms with Gasteiger partial charge in [-0.2, -0.15) is 0 Å². The fourth-order valence-corrected chi connectivity index (χ4v) is 0.900. The third-order valence-corrected chi connectivity index (χ3v) is 1.55. The number of nitrogens with zero attached hydrogens (tertiary/aromatic N) is 2. The molecule has 0 aliphatic rings. The summed E-state index contributed by atoms with van der Waals surface area (Å²) in [6.45, 7) is 3.90. The minimum absolute atomic E-state index is 0.220. The van der Waals surface area contributed by atoms with Crippen LogP contribution in [0.1, 0.15) is 25.5 Å². The molecule has 1 aromatic rings. The number of aromatic nitrogens is 3. The van der Waals surface area contributed by atoms with E-state index in [-0.39, 0.29) is 11.8 Å². The summed E-state index contributed by atoms with van der Waals surface area (Å²) in [6.07, 6.45) is 3.55. The van der Waals surface area contributed by atoms with Crippen molar-refractivity contribution < 1.29 is 4.79 Å². The molecule has 1 radical (unpaired) electrons. The topological polar surface area (TPSA) is 58.6 Å². The number of carbonyl (C=O) groups excluding carboxylic acids is 1. The van der Waals surface area contributed by atoms with Crippen LogP contribution in [0.4, 0.5) is 0 Å². The second-order valence-electron chi connectivity index (χ2n) is 2.74. The molecule has 1 N–H and O–H groups in total. The lowest BCUT2D eigenvalue weighted by Gasteiger charge is -2.08. The number of hydrogen-bond donors (Lipinski definition) is 1. The van der Waals surface area contributed by atoms with Crippen molar-refractivity contribution in [1.82, 2.24) is 15.4 Å². The van der Waals surface area contributed by atoms with Crippen molar-refractivity contribution in [2.24, 2.45) is 5.92 Å². The molecule has 0 amide bonds. The minimum atomic E-state index is -0.256. The molecule has 1 atom stereocenters.